The van der Waals surface area contributed by atoms with Gasteiger partial charge in [0, 0.05) is 0 Å². The van der Waals surface area contributed by atoms with Crippen LogP contribution in [0.5, 0.6) is 0 Å². The molecule has 0 aliphatic rings. The molecule has 74 valence electrons. The molecule has 0 bridgehead atoms. The fourth-order valence-corrected chi connectivity index (χ4v) is 1.74. The topological polar surface area (TPSA) is 23.8 Å². The maximum absolute atomic E-state index is 8.89. The number of benzene rings is 1. The first-order valence-corrected chi connectivity index (χ1v) is 4.88. The molecule has 0 unspecified atom stereocenters. The van der Waals surface area contributed by atoms with E-state index in [-0.39, 0.29) is 5.41 Å². The molecular weight excluding hydrogens is 170 g/mol. The summed E-state index contributed by atoms with van der Waals surface area (Å²) in [5, 5.41) is 8.89. The Morgan fingerprint density at radius 1 is 1.07 bits per heavy atom. The van der Waals surface area contributed by atoms with Gasteiger partial charge in [-0.1, -0.05) is 26.8 Å². The molecule has 0 aliphatic carbocycles. The Labute approximate surface area is 86.4 Å². The minimum absolute atomic E-state index is 0.156. The van der Waals surface area contributed by atoms with Crippen LogP contribution in [0.4, 0.5) is 0 Å². The Kier molecular flexibility index (Phi) is 2.66. The summed E-state index contributed by atoms with van der Waals surface area (Å²) in [6, 6.07) is 6.33. The van der Waals surface area contributed by atoms with E-state index in [1.165, 1.54) is 11.1 Å². The molecule has 0 saturated heterocycles. The van der Waals surface area contributed by atoms with Crippen LogP contribution in [-0.4, -0.2) is 0 Å². The van der Waals surface area contributed by atoms with Crippen LogP contribution < -0.4 is 0 Å². The highest BCUT2D eigenvalue weighted by molar-refractivity contribution is 5.45. The lowest BCUT2D eigenvalue weighted by Gasteiger charge is -2.22. The monoisotopic (exact) mass is 187 g/mol. The van der Waals surface area contributed by atoms with E-state index in [4.69, 9.17) is 5.26 Å². The van der Waals surface area contributed by atoms with Crippen LogP contribution in [0, 0.1) is 25.2 Å². The lowest BCUT2D eigenvalue weighted by molar-refractivity contribution is 0.585. The summed E-state index contributed by atoms with van der Waals surface area (Å²) in [7, 11) is 0. The van der Waals surface area contributed by atoms with Crippen molar-refractivity contribution in [2.45, 2.75) is 40.0 Å². The van der Waals surface area contributed by atoms with Crippen molar-refractivity contribution in [2.75, 3.05) is 0 Å². The summed E-state index contributed by atoms with van der Waals surface area (Å²) in [5.74, 6) is 0. The van der Waals surface area contributed by atoms with Crippen molar-refractivity contribution in [2.24, 2.45) is 0 Å². The molecule has 0 heterocycles. The number of aryl methyl sites for hydroxylation is 2. The maximum Gasteiger partial charge on any atom is 0.0994 e. The average Bonchev–Trinajstić information content (AvgIpc) is 2.06. The van der Waals surface area contributed by atoms with Gasteiger partial charge in [0.05, 0.1) is 11.6 Å². The molecule has 0 radical (unpaired) electrons. The van der Waals surface area contributed by atoms with E-state index in [9.17, 15) is 0 Å². The molecule has 0 amide bonds. The Morgan fingerprint density at radius 3 is 2.07 bits per heavy atom. The SMILES string of the molecule is Cc1cc(C(C)(C)C)c(C)cc1C#N. The highest BCUT2D eigenvalue weighted by atomic mass is 14.3. The van der Waals surface area contributed by atoms with Crippen molar-refractivity contribution in [1.82, 2.24) is 0 Å². The second-order valence-electron chi connectivity index (χ2n) is 4.84. The zero-order valence-corrected chi connectivity index (χ0v) is 9.60. The second-order valence-corrected chi connectivity index (χ2v) is 4.84. The van der Waals surface area contributed by atoms with E-state index in [0.717, 1.165) is 11.1 Å². The maximum atomic E-state index is 8.89. The van der Waals surface area contributed by atoms with Gasteiger partial charge < -0.3 is 0 Å². The van der Waals surface area contributed by atoms with Crippen LogP contribution in [0.3, 0.4) is 0 Å². The normalized spacial score (nSPS) is 11.1. The van der Waals surface area contributed by atoms with Gasteiger partial charge in [0.2, 0.25) is 0 Å². The van der Waals surface area contributed by atoms with Gasteiger partial charge in [-0.15, -0.1) is 0 Å². The van der Waals surface area contributed by atoms with Gasteiger partial charge in [-0.25, -0.2) is 0 Å². The van der Waals surface area contributed by atoms with E-state index in [2.05, 4.69) is 39.8 Å². The third-order valence-electron chi connectivity index (χ3n) is 2.50. The van der Waals surface area contributed by atoms with Crippen LogP contribution in [-0.2, 0) is 5.41 Å². The van der Waals surface area contributed by atoms with Gasteiger partial charge >= 0.3 is 0 Å². The van der Waals surface area contributed by atoms with E-state index < -0.39 is 0 Å². The van der Waals surface area contributed by atoms with E-state index >= 15 is 0 Å². The standard InChI is InChI=1S/C13H17N/c1-9-7-12(13(3,4)5)10(2)6-11(9)8-14/h6-7H,1-5H3. The Morgan fingerprint density at radius 2 is 1.64 bits per heavy atom. The molecule has 0 aromatic heterocycles. The molecule has 1 rings (SSSR count). The molecular formula is C13H17N. The molecule has 1 heteroatoms. The predicted octanol–water partition coefficient (Wildman–Crippen LogP) is 3.47. The molecule has 1 nitrogen and oxygen atoms in total. The Hall–Kier alpha value is -1.29. The minimum Gasteiger partial charge on any atom is -0.192 e. The second kappa shape index (κ2) is 3.46. The zero-order chi connectivity index (χ0) is 10.9. The van der Waals surface area contributed by atoms with Gasteiger partial charge in [-0.05, 0) is 42.0 Å². The summed E-state index contributed by atoms with van der Waals surface area (Å²) in [6.07, 6.45) is 0. The molecule has 0 N–H and O–H groups in total. The predicted molar refractivity (Wildman–Crippen MR) is 59.3 cm³/mol. The van der Waals surface area contributed by atoms with Crippen LogP contribution in [0.15, 0.2) is 12.1 Å². The van der Waals surface area contributed by atoms with Crippen molar-refractivity contribution in [3.63, 3.8) is 0 Å². The quantitative estimate of drug-likeness (QED) is 0.610. The van der Waals surface area contributed by atoms with Crippen LogP contribution in [0.1, 0.15) is 43.0 Å². The molecule has 0 aliphatic heterocycles. The molecule has 0 saturated carbocycles. The van der Waals surface area contributed by atoms with E-state index in [1.807, 2.05) is 13.0 Å². The van der Waals surface area contributed by atoms with Gasteiger partial charge in [0.15, 0.2) is 0 Å². The van der Waals surface area contributed by atoms with Crippen molar-refractivity contribution in [1.29, 1.82) is 5.26 Å². The molecule has 0 spiro atoms. The van der Waals surface area contributed by atoms with Gasteiger partial charge in [0.25, 0.3) is 0 Å². The van der Waals surface area contributed by atoms with Crippen LogP contribution in [0.25, 0.3) is 0 Å². The molecule has 1 aromatic carbocycles. The Balaban J connectivity index is 3.38. The smallest absolute Gasteiger partial charge is 0.0994 e. The molecule has 0 atom stereocenters. The van der Waals surface area contributed by atoms with Crippen molar-refractivity contribution in [3.8, 4) is 6.07 Å². The molecule has 0 fully saturated rings. The summed E-state index contributed by atoms with van der Waals surface area (Å²) in [5.41, 5.74) is 4.55. The molecule has 14 heavy (non-hydrogen) atoms. The largest absolute Gasteiger partial charge is 0.192 e. The number of nitrogens with zero attached hydrogens (tertiary/aromatic N) is 1. The molecule has 1 aromatic rings. The van der Waals surface area contributed by atoms with Crippen LogP contribution in [0.2, 0.25) is 0 Å². The third kappa shape index (κ3) is 1.96. The van der Waals surface area contributed by atoms with Crippen molar-refractivity contribution in [3.05, 3.63) is 34.4 Å². The lowest BCUT2D eigenvalue weighted by atomic mass is 9.82. The highest BCUT2D eigenvalue weighted by Crippen LogP contribution is 2.27. The summed E-state index contributed by atoms with van der Waals surface area (Å²) in [4.78, 5) is 0. The first-order valence-electron chi connectivity index (χ1n) is 4.88. The van der Waals surface area contributed by atoms with Crippen molar-refractivity contribution >= 4 is 0 Å². The number of hydrogen-bond acceptors (Lipinski definition) is 1. The van der Waals surface area contributed by atoms with Crippen molar-refractivity contribution < 1.29 is 0 Å². The van der Waals surface area contributed by atoms with E-state index in [1.54, 1.807) is 0 Å². The summed E-state index contributed by atoms with van der Waals surface area (Å²) >= 11 is 0. The summed E-state index contributed by atoms with van der Waals surface area (Å²) in [6.45, 7) is 10.6. The summed E-state index contributed by atoms with van der Waals surface area (Å²) < 4.78 is 0. The first-order chi connectivity index (χ1) is 6.36. The lowest BCUT2D eigenvalue weighted by Crippen LogP contribution is -2.13. The van der Waals surface area contributed by atoms with Gasteiger partial charge in [-0.2, -0.15) is 5.26 Å². The number of nitriles is 1. The zero-order valence-electron chi connectivity index (χ0n) is 9.60. The first kappa shape index (κ1) is 10.8. The fourth-order valence-electron chi connectivity index (χ4n) is 1.74. The van der Waals surface area contributed by atoms with E-state index in [0.29, 0.717) is 0 Å². The minimum atomic E-state index is 0.156. The number of rotatable bonds is 0. The third-order valence-corrected chi connectivity index (χ3v) is 2.50. The van der Waals surface area contributed by atoms with Gasteiger partial charge in [-0.3, -0.25) is 0 Å². The average molecular weight is 187 g/mol. The Bertz CT molecular complexity index is 389. The number of hydrogen-bond donors (Lipinski definition) is 0. The fraction of sp³-hybridized carbons (Fsp3) is 0.462. The highest BCUT2D eigenvalue weighted by Gasteiger charge is 2.17. The van der Waals surface area contributed by atoms with Gasteiger partial charge in [0.1, 0.15) is 0 Å². The van der Waals surface area contributed by atoms with Crippen LogP contribution >= 0.6 is 0 Å².